The summed E-state index contributed by atoms with van der Waals surface area (Å²) < 4.78 is 5.89. The lowest BCUT2D eigenvalue weighted by molar-refractivity contribution is -0.151. The highest BCUT2D eigenvalue weighted by atomic mass is 16.5. The van der Waals surface area contributed by atoms with Gasteiger partial charge in [-0.05, 0) is 44.9 Å². The minimum absolute atomic E-state index is 0.0720. The van der Waals surface area contributed by atoms with Crippen molar-refractivity contribution in [3.63, 3.8) is 0 Å². The van der Waals surface area contributed by atoms with Crippen molar-refractivity contribution in [2.45, 2.75) is 251 Å². The summed E-state index contributed by atoms with van der Waals surface area (Å²) in [6.07, 6.45) is 47.7. The molecule has 0 aromatic heterocycles. The molecule has 0 heterocycles. The number of amides is 1. The number of aliphatic hydroxyl groups excluding tert-OH is 2. The highest BCUT2D eigenvalue weighted by Crippen LogP contribution is 2.18. The number of carbonyl (C=O) groups is 2. The van der Waals surface area contributed by atoms with Crippen LogP contribution in [0.1, 0.15) is 233 Å². The number of esters is 1. The first kappa shape index (κ1) is 52.1. The van der Waals surface area contributed by atoms with Crippen molar-refractivity contribution in [2.75, 3.05) is 6.61 Å². The van der Waals surface area contributed by atoms with E-state index in [1.165, 1.54) is 109 Å². The zero-order valence-corrected chi connectivity index (χ0v) is 35.9. The molecule has 0 saturated heterocycles. The number of unbranched alkanes of at least 4 members (excludes halogenated alkanes) is 25. The maximum absolute atomic E-state index is 13.1. The van der Waals surface area contributed by atoms with E-state index in [-0.39, 0.29) is 24.9 Å². The van der Waals surface area contributed by atoms with E-state index in [2.05, 4.69) is 62.5 Å². The van der Waals surface area contributed by atoms with Crippen LogP contribution in [0.25, 0.3) is 0 Å². The van der Waals surface area contributed by atoms with Gasteiger partial charge in [0.2, 0.25) is 5.91 Å². The van der Waals surface area contributed by atoms with Crippen molar-refractivity contribution in [3.8, 4) is 0 Å². The zero-order valence-electron chi connectivity index (χ0n) is 35.9. The fourth-order valence-corrected chi connectivity index (χ4v) is 7.02. The summed E-state index contributed by atoms with van der Waals surface area (Å²) in [4.78, 5) is 26.0. The third kappa shape index (κ3) is 37.0. The van der Waals surface area contributed by atoms with Crippen molar-refractivity contribution in [1.82, 2.24) is 5.32 Å². The Labute approximate surface area is 334 Å². The molecule has 3 atom stereocenters. The normalized spacial score (nSPS) is 13.6. The maximum Gasteiger partial charge on any atom is 0.306 e. The van der Waals surface area contributed by atoms with Gasteiger partial charge in [0.1, 0.15) is 6.10 Å². The molecule has 0 fully saturated rings. The van der Waals surface area contributed by atoms with Gasteiger partial charge < -0.3 is 20.3 Å². The number of hydrogen-bond acceptors (Lipinski definition) is 5. The number of allylic oxidation sites excluding steroid dienone is 6. The lowest BCUT2D eigenvalue weighted by Gasteiger charge is -2.24. The Kier molecular flexibility index (Phi) is 40.7. The first-order valence-corrected chi connectivity index (χ1v) is 23.2. The summed E-state index contributed by atoms with van der Waals surface area (Å²) in [5.41, 5.74) is 0. The standard InChI is InChI=1S/C48H89NO5/c1-4-7-10-13-16-19-22-24-26-29-32-35-38-41-48(53)54-44(39-36-33-30-27-21-18-15-12-9-6-3)42-47(52)49-45(43-50)46(51)40-37-34-31-28-25-23-20-17-14-11-8-5-2/h7,10,13,16,19,22,44-46,50-51H,4-6,8-9,11-12,14-15,17-18,20-21,23-43H2,1-3H3,(H,49,52)/b10-7+,16-13+,22-19-. The fourth-order valence-electron chi connectivity index (χ4n) is 7.02. The molecule has 0 aromatic rings. The van der Waals surface area contributed by atoms with Crippen molar-refractivity contribution < 1.29 is 24.5 Å². The molecule has 54 heavy (non-hydrogen) atoms. The van der Waals surface area contributed by atoms with Crippen LogP contribution in [0.2, 0.25) is 0 Å². The molecule has 0 rings (SSSR count). The quantitative estimate of drug-likeness (QED) is 0.0328. The predicted octanol–water partition coefficient (Wildman–Crippen LogP) is 13.3. The van der Waals surface area contributed by atoms with Crippen LogP contribution in [0.15, 0.2) is 36.5 Å². The molecular formula is C48H89NO5. The highest BCUT2D eigenvalue weighted by molar-refractivity contribution is 5.77. The minimum Gasteiger partial charge on any atom is -0.462 e. The summed E-state index contributed by atoms with van der Waals surface area (Å²) in [5.74, 6) is -0.493. The molecule has 316 valence electrons. The van der Waals surface area contributed by atoms with E-state index in [0.29, 0.717) is 19.3 Å². The SMILES string of the molecule is CC/C=C/C=C/C=C\CCCCCCCC(=O)OC(CCCCCCCCCCCC)CC(=O)NC(CO)C(O)CCCCCCCCCCCCCC. The van der Waals surface area contributed by atoms with Gasteiger partial charge in [0.25, 0.3) is 0 Å². The van der Waals surface area contributed by atoms with Gasteiger partial charge in [-0.3, -0.25) is 9.59 Å². The fraction of sp³-hybridized carbons (Fsp3) is 0.833. The third-order valence-corrected chi connectivity index (χ3v) is 10.5. The van der Waals surface area contributed by atoms with E-state index in [0.717, 1.165) is 77.0 Å². The van der Waals surface area contributed by atoms with Gasteiger partial charge in [0.15, 0.2) is 0 Å². The van der Waals surface area contributed by atoms with Crippen LogP contribution in [0.3, 0.4) is 0 Å². The third-order valence-electron chi connectivity index (χ3n) is 10.5. The van der Waals surface area contributed by atoms with Crippen LogP contribution in [0, 0.1) is 0 Å². The molecule has 6 heteroatoms. The van der Waals surface area contributed by atoms with Crippen molar-refractivity contribution in [2.24, 2.45) is 0 Å². The van der Waals surface area contributed by atoms with Crippen LogP contribution in [-0.4, -0.2) is 46.9 Å². The van der Waals surface area contributed by atoms with Crippen LogP contribution in [-0.2, 0) is 14.3 Å². The van der Waals surface area contributed by atoms with Crippen LogP contribution < -0.4 is 5.32 Å². The maximum atomic E-state index is 13.1. The Morgan fingerprint density at radius 1 is 0.556 bits per heavy atom. The molecule has 1 amide bonds. The van der Waals surface area contributed by atoms with E-state index in [1.807, 2.05) is 0 Å². The molecule has 0 spiro atoms. The summed E-state index contributed by atoms with van der Waals surface area (Å²) in [5, 5.41) is 23.6. The van der Waals surface area contributed by atoms with E-state index in [9.17, 15) is 19.8 Å². The Bertz CT molecular complexity index is 900. The Balaban J connectivity index is 4.57. The van der Waals surface area contributed by atoms with Crippen LogP contribution in [0.4, 0.5) is 0 Å². The van der Waals surface area contributed by atoms with Gasteiger partial charge in [-0.15, -0.1) is 0 Å². The lowest BCUT2D eigenvalue weighted by Crippen LogP contribution is -2.46. The number of ether oxygens (including phenoxy) is 1. The number of rotatable bonds is 41. The van der Waals surface area contributed by atoms with Crippen molar-refractivity contribution in [1.29, 1.82) is 0 Å². The second-order valence-corrected chi connectivity index (χ2v) is 15.8. The molecule has 0 aromatic carbocycles. The molecule has 3 unspecified atom stereocenters. The van der Waals surface area contributed by atoms with E-state index < -0.39 is 18.2 Å². The Hall–Kier alpha value is -1.92. The molecule has 0 bridgehead atoms. The number of aliphatic hydroxyl groups is 2. The predicted molar refractivity (Wildman–Crippen MR) is 232 cm³/mol. The van der Waals surface area contributed by atoms with Crippen molar-refractivity contribution >= 4 is 11.9 Å². The summed E-state index contributed by atoms with van der Waals surface area (Å²) in [7, 11) is 0. The molecule has 0 aliphatic heterocycles. The van der Waals surface area contributed by atoms with E-state index in [4.69, 9.17) is 4.74 Å². The molecule has 0 radical (unpaired) electrons. The number of nitrogens with one attached hydrogen (secondary N) is 1. The molecular weight excluding hydrogens is 671 g/mol. The van der Waals surface area contributed by atoms with E-state index in [1.54, 1.807) is 0 Å². The van der Waals surface area contributed by atoms with Crippen LogP contribution >= 0.6 is 0 Å². The largest absolute Gasteiger partial charge is 0.462 e. The second kappa shape index (κ2) is 42.2. The number of hydrogen-bond donors (Lipinski definition) is 3. The molecule has 3 N–H and O–H groups in total. The average Bonchev–Trinajstić information content (AvgIpc) is 3.16. The van der Waals surface area contributed by atoms with Gasteiger partial charge >= 0.3 is 5.97 Å². The summed E-state index contributed by atoms with van der Waals surface area (Å²) in [6, 6.07) is -0.700. The average molecular weight is 760 g/mol. The smallest absolute Gasteiger partial charge is 0.306 e. The summed E-state index contributed by atoms with van der Waals surface area (Å²) >= 11 is 0. The second-order valence-electron chi connectivity index (χ2n) is 15.8. The Morgan fingerprint density at radius 2 is 1.00 bits per heavy atom. The minimum atomic E-state index is -0.786. The summed E-state index contributed by atoms with van der Waals surface area (Å²) in [6.45, 7) is 6.33. The number of carbonyl (C=O) groups excluding carboxylic acids is 2. The van der Waals surface area contributed by atoms with Gasteiger partial charge in [0.05, 0.1) is 25.2 Å². The monoisotopic (exact) mass is 760 g/mol. The van der Waals surface area contributed by atoms with Gasteiger partial charge in [0, 0.05) is 6.42 Å². The molecule has 0 saturated carbocycles. The first-order chi connectivity index (χ1) is 26.5. The molecule has 0 aliphatic rings. The van der Waals surface area contributed by atoms with Gasteiger partial charge in [-0.1, -0.05) is 211 Å². The van der Waals surface area contributed by atoms with Crippen LogP contribution in [0.5, 0.6) is 0 Å². The van der Waals surface area contributed by atoms with E-state index >= 15 is 0 Å². The van der Waals surface area contributed by atoms with Gasteiger partial charge in [-0.25, -0.2) is 0 Å². The topological polar surface area (TPSA) is 95.9 Å². The van der Waals surface area contributed by atoms with Gasteiger partial charge in [-0.2, -0.15) is 0 Å². The molecule has 0 aliphatic carbocycles. The van der Waals surface area contributed by atoms with Crippen molar-refractivity contribution in [3.05, 3.63) is 36.5 Å². The lowest BCUT2D eigenvalue weighted by atomic mass is 10.0. The first-order valence-electron chi connectivity index (χ1n) is 23.2. The highest BCUT2D eigenvalue weighted by Gasteiger charge is 2.24. The Morgan fingerprint density at radius 3 is 1.50 bits per heavy atom. The molecule has 6 nitrogen and oxygen atoms in total. The zero-order chi connectivity index (χ0) is 39.6.